The van der Waals surface area contributed by atoms with Crippen molar-refractivity contribution in [3.05, 3.63) is 42.4 Å². The molecule has 0 unspecified atom stereocenters. The van der Waals surface area contributed by atoms with Gasteiger partial charge in [0.25, 0.3) is 0 Å². The van der Waals surface area contributed by atoms with Crippen molar-refractivity contribution in [2.45, 2.75) is 0 Å². The fourth-order valence-corrected chi connectivity index (χ4v) is 0.912. The van der Waals surface area contributed by atoms with Crippen molar-refractivity contribution in [2.24, 2.45) is 5.84 Å². The van der Waals surface area contributed by atoms with Crippen molar-refractivity contribution in [1.82, 2.24) is 10.7 Å². The number of aliphatic hydroxyl groups is 1. The molecule has 0 aliphatic carbocycles. The van der Waals surface area contributed by atoms with Crippen LogP contribution in [0.3, 0.4) is 0 Å². The van der Waals surface area contributed by atoms with E-state index in [0.717, 1.165) is 0 Å². The normalized spacial score (nSPS) is 10.6. The molecule has 0 radical (unpaired) electrons. The fourth-order valence-electron chi connectivity index (χ4n) is 0.912. The third-order valence-corrected chi connectivity index (χ3v) is 1.56. The van der Waals surface area contributed by atoms with Gasteiger partial charge in [-0.2, -0.15) is 0 Å². The molecule has 0 saturated carbocycles. The molecule has 6 nitrogen and oxygen atoms in total. The van der Waals surface area contributed by atoms with Gasteiger partial charge in [-0.05, 0) is 12.1 Å². The zero-order valence-corrected chi connectivity index (χ0v) is 7.90. The number of rotatable bonds is 3. The van der Waals surface area contributed by atoms with Gasteiger partial charge in [-0.1, -0.05) is 18.2 Å². The first-order chi connectivity index (χ1) is 7.26. The van der Waals surface area contributed by atoms with E-state index in [1.165, 1.54) is 0 Å². The molecule has 6 N–H and O–H groups in total. The molecular weight excluding hydrogens is 196 g/mol. The van der Waals surface area contributed by atoms with Crippen molar-refractivity contribution < 1.29 is 9.90 Å². The Balaban J connectivity index is 2.50. The number of amides is 2. The van der Waals surface area contributed by atoms with Gasteiger partial charge in [0.1, 0.15) is 6.26 Å². The van der Waals surface area contributed by atoms with Crippen molar-refractivity contribution in [3.8, 4) is 0 Å². The van der Waals surface area contributed by atoms with Crippen molar-refractivity contribution in [2.75, 3.05) is 5.32 Å². The summed E-state index contributed by atoms with van der Waals surface area (Å²) >= 11 is 0. The summed E-state index contributed by atoms with van der Waals surface area (Å²) < 4.78 is 0. The first kappa shape index (κ1) is 10.9. The SMILES string of the molecule is NN/C(=C\O)NC(=O)Nc1ccccc1. The fraction of sp³-hybridized carbons (Fsp3) is 0. The third-order valence-electron chi connectivity index (χ3n) is 1.56. The number of hydrazine groups is 1. The number of hydrogen-bond acceptors (Lipinski definition) is 4. The molecule has 0 spiro atoms. The van der Waals surface area contributed by atoms with Crippen LogP contribution in [0.25, 0.3) is 0 Å². The molecule has 80 valence electrons. The number of hydrogen-bond donors (Lipinski definition) is 5. The van der Waals surface area contributed by atoms with Gasteiger partial charge in [-0.3, -0.25) is 5.32 Å². The van der Waals surface area contributed by atoms with Crippen molar-refractivity contribution >= 4 is 11.7 Å². The summed E-state index contributed by atoms with van der Waals surface area (Å²) in [5.41, 5.74) is 2.75. The van der Waals surface area contributed by atoms with E-state index in [4.69, 9.17) is 10.9 Å². The zero-order valence-electron chi connectivity index (χ0n) is 7.90. The lowest BCUT2D eigenvalue weighted by atomic mass is 10.3. The van der Waals surface area contributed by atoms with Crippen molar-refractivity contribution in [1.29, 1.82) is 0 Å². The number of anilines is 1. The Morgan fingerprint density at radius 3 is 2.53 bits per heavy atom. The monoisotopic (exact) mass is 208 g/mol. The minimum absolute atomic E-state index is 0.00318. The van der Waals surface area contributed by atoms with Crippen molar-refractivity contribution in [3.63, 3.8) is 0 Å². The number of aliphatic hydroxyl groups excluding tert-OH is 1. The van der Waals surface area contributed by atoms with Gasteiger partial charge in [0.05, 0.1) is 0 Å². The van der Waals surface area contributed by atoms with Gasteiger partial charge in [-0.25, -0.2) is 10.6 Å². The zero-order chi connectivity index (χ0) is 11.1. The molecule has 0 aliphatic rings. The molecule has 1 aromatic carbocycles. The Hall–Kier alpha value is -2.21. The van der Waals surface area contributed by atoms with E-state index >= 15 is 0 Å². The summed E-state index contributed by atoms with van der Waals surface area (Å²) in [6.07, 6.45) is 0.657. The lowest BCUT2D eigenvalue weighted by Crippen LogP contribution is -2.37. The van der Waals surface area contributed by atoms with Gasteiger partial charge in [0, 0.05) is 5.69 Å². The van der Waals surface area contributed by atoms with E-state index in [-0.39, 0.29) is 5.82 Å². The lowest BCUT2D eigenvalue weighted by molar-refractivity contribution is 0.253. The predicted octanol–water partition coefficient (Wildman–Crippen LogP) is 0.628. The third kappa shape index (κ3) is 3.57. The molecule has 6 heteroatoms. The van der Waals surface area contributed by atoms with E-state index in [0.29, 0.717) is 11.9 Å². The van der Waals surface area contributed by atoms with Crippen LogP contribution in [0.2, 0.25) is 0 Å². The number of para-hydroxylation sites is 1. The molecule has 1 aromatic rings. The molecule has 0 aromatic heterocycles. The number of nitrogens with one attached hydrogen (secondary N) is 3. The summed E-state index contributed by atoms with van der Waals surface area (Å²) in [7, 11) is 0. The van der Waals surface area contributed by atoms with Crippen LogP contribution in [0.4, 0.5) is 10.5 Å². The smallest absolute Gasteiger partial charge is 0.324 e. The number of carbonyl (C=O) groups excluding carboxylic acids is 1. The summed E-state index contributed by atoms with van der Waals surface area (Å²) in [5, 5.41) is 13.4. The second-order valence-corrected chi connectivity index (χ2v) is 2.63. The van der Waals surface area contributed by atoms with E-state index in [9.17, 15) is 4.79 Å². The minimum Gasteiger partial charge on any atom is -0.512 e. The average Bonchev–Trinajstić information content (AvgIpc) is 2.27. The molecule has 2 amide bonds. The van der Waals surface area contributed by atoms with Crippen LogP contribution in [0, 0.1) is 0 Å². The Bertz CT molecular complexity index is 350. The van der Waals surface area contributed by atoms with Crippen LogP contribution in [-0.2, 0) is 0 Å². The largest absolute Gasteiger partial charge is 0.512 e. The van der Waals surface area contributed by atoms with Crippen LogP contribution >= 0.6 is 0 Å². The summed E-state index contributed by atoms with van der Waals surface area (Å²) in [6.45, 7) is 0. The van der Waals surface area contributed by atoms with E-state index in [1.54, 1.807) is 24.3 Å². The van der Waals surface area contributed by atoms with E-state index in [1.807, 2.05) is 6.07 Å². The number of carbonyl (C=O) groups is 1. The van der Waals surface area contributed by atoms with Gasteiger partial charge < -0.3 is 15.8 Å². The highest BCUT2D eigenvalue weighted by molar-refractivity contribution is 5.90. The van der Waals surface area contributed by atoms with E-state index < -0.39 is 6.03 Å². The minimum atomic E-state index is -0.501. The molecule has 0 bridgehead atoms. The number of benzene rings is 1. The molecule has 0 heterocycles. The van der Waals surface area contributed by atoms with Crippen LogP contribution in [-0.4, -0.2) is 11.1 Å². The number of nitrogens with two attached hydrogens (primary N) is 1. The highest BCUT2D eigenvalue weighted by Gasteiger charge is 2.02. The molecule has 0 atom stereocenters. The first-order valence-corrected chi connectivity index (χ1v) is 4.20. The second-order valence-electron chi connectivity index (χ2n) is 2.63. The Morgan fingerprint density at radius 1 is 1.33 bits per heavy atom. The van der Waals surface area contributed by atoms with Crippen LogP contribution in [0.5, 0.6) is 0 Å². The highest BCUT2D eigenvalue weighted by atomic mass is 16.2. The maximum atomic E-state index is 11.3. The molecule has 15 heavy (non-hydrogen) atoms. The quantitative estimate of drug-likeness (QED) is 0.286. The van der Waals surface area contributed by atoms with E-state index in [2.05, 4.69) is 16.1 Å². The lowest BCUT2D eigenvalue weighted by Gasteiger charge is -2.08. The number of urea groups is 1. The Morgan fingerprint density at radius 2 is 2.00 bits per heavy atom. The molecule has 0 fully saturated rings. The van der Waals surface area contributed by atoms with Crippen LogP contribution < -0.4 is 21.9 Å². The topological polar surface area (TPSA) is 99.4 Å². The molecular formula is C9H12N4O2. The second kappa shape index (κ2) is 5.51. The van der Waals surface area contributed by atoms with Gasteiger partial charge in [0.15, 0.2) is 5.82 Å². The molecule has 0 aliphatic heterocycles. The Labute approximate surface area is 86.8 Å². The highest BCUT2D eigenvalue weighted by Crippen LogP contribution is 2.04. The maximum absolute atomic E-state index is 11.3. The first-order valence-electron chi connectivity index (χ1n) is 4.20. The summed E-state index contributed by atoms with van der Waals surface area (Å²) in [4.78, 5) is 11.3. The van der Waals surface area contributed by atoms with Gasteiger partial charge in [0.2, 0.25) is 0 Å². The van der Waals surface area contributed by atoms with Crippen LogP contribution in [0.15, 0.2) is 42.4 Å². The van der Waals surface area contributed by atoms with Crippen LogP contribution in [0.1, 0.15) is 0 Å². The van der Waals surface area contributed by atoms with Gasteiger partial charge >= 0.3 is 6.03 Å². The summed E-state index contributed by atoms with van der Waals surface area (Å²) in [5.74, 6) is 5.01. The standard InChI is InChI=1S/C9H12N4O2/c10-13-8(6-14)12-9(15)11-7-4-2-1-3-5-7/h1-6,13-14H,10H2,(H2,11,12,15)/b8-6-. The predicted molar refractivity (Wildman–Crippen MR) is 56.6 cm³/mol. The molecule has 0 saturated heterocycles. The summed E-state index contributed by atoms with van der Waals surface area (Å²) in [6, 6.07) is 8.39. The molecule has 1 rings (SSSR count). The van der Waals surface area contributed by atoms with Gasteiger partial charge in [-0.15, -0.1) is 0 Å². The average molecular weight is 208 g/mol. The Kier molecular flexibility index (Phi) is 3.99. The maximum Gasteiger partial charge on any atom is 0.324 e.